The van der Waals surface area contributed by atoms with Gasteiger partial charge in [0.25, 0.3) is 0 Å². The minimum atomic E-state index is 0.830. The molecule has 0 spiro atoms. The largest absolute Gasteiger partial charge is 0.463 e. The molecule has 2 heteroatoms. The monoisotopic (exact) mass is 296 g/mol. The average Bonchev–Trinajstić information content (AvgIpc) is 3.24. The van der Waals surface area contributed by atoms with Crippen molar-refractivity contribution in [3.8, 4) is 0 Å². The second-order valence-electron chi connectivity index (χ2n) is 6.30. The lowest BCUT2D eigenvalue weighted by Crippen LogP contribution is -1.88. The third kappa shape index (κ3) is 10.7. The molecular weight excluding hydrogens is 260 g/mol. The molecule has 0 bridgehead atoms. The van der Waals surface area contributed by atoms with Gasteiger partial charge < -0.3 is 9.47 Å². The fraction of sp³-hybridized carbons (Fsp3) is 0.895. The molecule has 0 N–H and O–H groups in total. The summed E-state index contributed by atoms with van der Waals surface area (Å²) >= 11 is 0. The fourth-order valence-corrected chi connectivity index (χ4v) is 2.64. The number of allylic oxidation sites excluding steroid dienone is 1. The molecule has 1 aliphatic heterocycles. The fourth-order valence-electron chi connectivity index (χ4n) is 2.64. The van der Waals surface area contributed by atoms with Crippen molar-refractivity contribution in [1.29, 1.82) is 0 Å². The van der Waals surface area contributed by atoms with Crippen molar-refractivity contribution in [2.24, 2.45) is 0 Å². The van der Waals surface area contributed by atoms with Crippen LogP contribution in [0, 0.1) is 0 Å². The Balaban J connectivity index is 1.80. The lowest BCUT2D eigenvalue weighted by atomic mass is 10.1. The smallest absolute Gasteiger partial charge is 0.325 e. The molecule has 0 amide bonds. The molecule has 1 aliphatic rings. The summed E-state index contributed by atoms with van der Waals surface area (Å²) in [5, 5.41) is 0. The molecule has 0 fully saturated rings. The van der Waals surface area contributed by atoms with E-state index in [0.717, 1.165) is 31.2 Å². The maximum absolute atomic E-state index is 5.60. The van der Waals surface area contributed by atoms with Gasteiger partial charge in [0.05, 0.1) is 6.61 Å². The van der Waals surface area contributed by atoms with Gasteiger partial charge in [-0.1, -0.05) is 84.5 Å². The summed E-state index contributed by atoms with van der Waals surface area (Å²) in [4.78, 5) is 0. The maximum Gasteiger partial charge on any atom is 0.325 e. The van der Waals surface area contributed by atoms with Crippen molar-refractivity contribution < 1.29 is 9.47 Å². The average molecular weight is 296 g/mol. The zero-order chi connectivity index (χ0) is 15.2. The molecule has 0 aromatic heterocycles. The summed E-state index contributed by atoms with van der Waals surface area (Å²) in [6.45, 7) is 5.34. The molecule has 0 aromatic rings. The van der Waals surface area contributed by atoms with E-state index >= 15 is 0 Å². The Kier molecular flexibility index (Phi) is 11.4. The van der Waals surface area contributed by atoms with Crippen LogP contribution in [0.4, 0.5) is 0 Å². The van der Waals surface area contributed by atoms with Crippen molar-refractivity contribution in [2.45, 2.75) is 104 Å². The van der Waals surface area contributed by atoms with Crippen LogP contribution < -0.4 is 0 Å². The van der Waals surface area contributed by atoms with E-state index in [4.69, 9.17) is 9.47 Å². The molecule has 0 atom stereocenters. The van der Waals surface area contributed by atoms with Crippen molar-refractivity contribution in [3.63, 3.8) is 0 Å². The Morgan fingerprint density at radius 2 is 1.19 bits per heavy atom. The first kappa shape index (κ1) is 18.4. The zero-order valence-corrected chi connectivity index (χ0v) is 14.4. The van der Waals surface area contributed by atoms with E-state index in [1.807, 2.05) is 0 Å². The van der Waals surface area contributed by atoms with Gasteiger partial charge in [-0.05, 0) is 12.8 Å². The summed E-state index contributed by atoms with van der Waals surface area (Å²) in [6.07, 6.45) is 18.5. The van der Waals surface area contributed by atoms with Gasteiger partial charge in [0.15, 0.2) is 5.76 Å². The Labute approximate surface area is 132 Å². The Bertz CT molecular complexity index is 271. The predicted molar refractivity (Wildman–Crippen MR) is 90.0 cm³/mol. The van der Waals surface area contributed by atoms with Crippen LogP contribution >= 0.6 is 0 Å². The van der Waals surface area contributed by atoms with Crippen molar-refractivity contribution >= 4 is 0 Å². The Morgan fingerprint density at radius 1 is 0.667 bits per heavy atom. The Morgan fingerprint density at radius 3 is 1.81 bits per heavy atom. The molecule has 0 saturated carbocycles. The minimum Gasteiger partial charge on any atom is -0.463 e. The van der Waals surface area contributed by atoms with Crippen LogP contribution in [0.25, 0.3) is 0 Å². The topological polar surface area (TPSA) is 21.8 Å². The van der Waals surface area contributed by atoms with Crippen LogP contribution in [-0.2, 0) is 9.47 Å². The van der Waals surface area contributed by atoms with E-state index < -0.39 is 0 Å². The van der Waals surface area contributed by atoms with Gasteiger partial charge in [-0.25, -0.2) is 0 Å². The number of hydrogen-bond acceptors (Lipinski definition) is 2. The van der Waals surface area contributed by atoms with E-state index in [9.17, 15) is 0 Å². The second-order valence-corrected chi connectivity index (χ2v) is 6.30. The van der Waals surface area contributed by atoms with Crippen LogP contribution in [0.2, 0.25) is 0 Å². The third-order valence-corrected chi connectivity index (χ3v) is 4.14. The van der Waals surface area contributed by atoms with Crippen molar-refractivity contribution in [2.75, 3.05) is 6.61 Å². The molecule has 1 rings (SSSR count). The summed E-state index contributed by atoms with van der Waals surface area (Å²) in [5.41, 5.74) is 0. The van der Waals surface area contributed by atoms with Gasteiger partial charge in [0.1, 0.15) is 0 Å². The van der Waals surface area contributed by atoms with Gasteiger partial charge >= 0.3 is 5.95 Å². The van der Waals surface area contributed by atoms with Crippen LogP contribution in [-0.4, -0.2) is 6.61 Å². The maximum atomic E-state index is 5.60. The van der Waals surface area contributed by atoms with E-state index in [2.05, 4.69) is 13.8 Å². The van der Waals surface area contributed by atoms with Crippen LogP contribution in [0.3, 0.4) is 0 Å². The second kappa shape index (κ2) is 13.0. The summed E-state index contributed by atoms with van der Waals surface area (Å²) in [5.74, 6) is 1.96. The highest BCUT2D eigenvalue weighted by atomic mass is 16.7. The van der Waals surface area contributed by atoms with Gasteiger partial charge in [0, 0.05) is 6.42 Å². The zero-order valence-electron chi connectivity index (χ0n) is 14.4. The molecule has 2 nitrogen and oxygen atoms in total. The van der Waals surface area contributed by atoms with Gasteiger partial charge in [-0.3, -0.25) is 0 Å². The standard InChI is InChI=1S/C19H36O2/c1-3-5-7-9-10-11-12-13-14-16-18-19(21-18)20-17-15-8-6-4-2/h3-17H2,1-2H3. The van der Waals surface area contributed by atoms with Gasteiger partial charge in [0.2, 0.25) is 0 Å². The minimum absolute atomic E-state index is 0.830. The first-order chi connectivity index (χ1) is 10.4. The lowest BCUT2D eigenvalue weighted by Gasteiger charge is -2.00. The van der Waals surface area contributed by atoms with E-state index in [1.165, 1.54) is 77.0 Å². The van der Waals surface area contributed by atoms with E-state index in [-0.39, 0.29) is 0 Å². The summed E-state index contributed by atoms with van der Waals surface area (Å²) in [7, 11) is 0. The molecule has 124 valence electrons. The molecule has 0 saturated heterocycles. The van der Waals surface area contributed by atoms with Crippen molar-refractivity contribution in [1.82, 2.24) is 0 Å². The first-order valence-corrected chi connectivity index (χ1v) is 9.42. The van der Waals surface area contributed by atoms with Crippen LogP contribution in [0.15, 0.2) is 11.7 Å². The van der Waals surface area contributed by atoms with Crippen LogP contribution in [0.5, 0.6) is 0 Å². The molecule has 0 unspecified atom stereocenters. The lowest BCUT2D eigenvalue weighted by molar-refractivity contribution is 0.149. The predicted octanol–water partition coefficient (Wildman–Crippen LogP) is 6.70. The molecule has 1 heterocycles. The molecule has 0 radical (unpaired) electrons. The quantitative estimate of drug-likeness (QED) is 0.295. The van der Waals surface area contributed by atoms with E-state index in [0.29, 0.717) is 0 Å². The summed E-state index contributed by atoms with van der Waals surface area (Å²) < 4.78 is 11.0. The summed E-state index contributed by atoms with van der Waals surface area (Å²) in [6, 6.07) is 0. The number of ether oxygens (including phenoxy) is 2. The Hall–Kier alpha value is -0.660. The highest BCUT2D eigenvalue weighted by Crippen LogP contribution is 2.32. The molecule has 21 heavy (non-hydrogen) atoms. The third-order valence-electron chi connectivity index (χ3n) is 4.14. The number of rotatable bonds is 16. The highest BCUT2D eigenvalue weighted by molar-refractivity contribution is 5.10. The van der Waals surface area contributed by atoms with Crippen LogP contribution in [0.1, 0.15) is 104 Å². The number of unbranched alkanes of at least 4 members (excludes halogenated alkanes) is 11. The molecular formula is C19H36O2. The van der Waals surface area contributed by atoms with Crippen molar-refractivity contribution in [3.05, 3.63) is 11.7 Å². The van der Waals surface area contributed by atoms with Gasteiger partial charge in [-0.15, -0.1) is 0 Å². The van der Waals surface area contributed by atoms with E-state index in [1.54, 1.807) is 0 Å². The number of hydrogen-bond donors (Lipinski definition) is 0. The molecule has 0 aliphatic carbocycles. The SMILES string of the molecule is CCCCCCCCCCCC1=C(OCCCCCC)O1. The normalized spacial score (nSPS) is 13.4. The van der Waals surface area contributed by atoms with Gasteiger partial charge in [-0.2, -0.15) is 0 Å². The first-order valence-electron chi connectivity index (χ1n) is 9.42. The molecule has 0 aromatic carbocycles. The highest BCUT2D eigenvalue weighted by Gasteiger charge is 2.26.